The number of nitrogens with zero attached hydrogens (tertiary/aromatic N) is 4. The number of hydrogen-bond donors (Lipinski definition) is 0. The second-order valence-electron chi connectivity index (χ2n) is 3.43. The summed E-state index contributed by atoms with van der Waals surface area (Å²) < 4.78 is 4.95. The van der Waals surface area contributed by atoms with Crippen LogP contribution in [0.5, 0.6) is 0 Å². The van der Waals surface area contributed by atoms with Crippen LogP contribution in [0.1, 0.15) is 5.69 Å². The first-order valence-electron chi connectivity index (χ1n) is 4.85. The summed E-state index contributed by atoms with van der Waals surface area (Å²) >= 11 is 0. The van der Waals surface area contributed by atoms with E-state index in [0.29, 0.717) is 5.69 Å². The molecule has 0 amide bonds. The molecule has 0 radical (unpaired) electrons. The molecule has 0 N–H and O–H groups in total. The fraction of sp³-hybridized carbons (Fsp3) is 0.0909. The van der Waals surface area contributed by atoms with Crippen LogP contribution in [-0.4, -0.2) is 20.3 Å². The Morgan fingerprint density at radius 1 is 1.19 bits per heavy atom. The second-order valence-corrected chi connectivity index (χ2v) is 3.43. The Bertz CT molecular complexity index is 633. The van der Waals surface area contributed by atoms with Gasteiger partial charge in [-0.05, 0) is 19.1 Å². The molecule has 3 rings (SSSR count). The van der Waals surface area contributed by atoms with Crippen LogP contribution >= 0.6 is 0 Å². The Hall–Kier alpha value is -2.30. The first-order chi connectivity index (χ1) is 7.86. The first kappa shape index (κ1) is 8.96. The van der Waals surface area contributed by atoms with Crippen molar-refractivity contribution >= 4 is 10.9 Å². The largest absolute Gasteiger partial charge is 0.363 e. The van der Waals surface area contributed by atoms with Gasteiger partial charge in [-0.1, -0.05) is 11.2 Å². The SMILES string of the molecule is Cc1nnc(-c2ccccn2)c2conc12. The van der Waals surface area contributed by atoms with E-state index < -0.39 is 0 Å². The Labute approximate surface area is 91.1 Å². The molecule has 5 nitrogen and oxygen atoms in total. The molecule has 0 aliphatic rings. The molecule has 0 spiro atoms. The molecule has 0 aromatic carbocycles. The molecule has 0 bridgehead atoms. The minimum Gasteiger partial charge on any atom is -0.363 e. The molecule has 0 saturated carbocycles. The molecule has 3 heterocycles. The lowest BCUT2D eigenvalue weighted by Crippen LogP contribution is -1.93. The van der Waals surface area contributed by atoms with E-state index in [1.807, 2.05) is 25.1 Å². The lowest BCUT2D eigenvalue weighted by Gasteiger charge is -1.99. The van der Waals surface area contributed by atoms with Crippen molar-refractivity contribution in [3.05, 3.63) is 36.4 Å². The molecule has 3 aromatic heterocycles. The number of rotatable bonds is 1. The van der Waals surface area contributed by atoms with Crippen LogP contribution in [0.2, 0.25) is 0 Å². The molecule has 0 unspecified atom stereocenters. The minimum atomic E-state index is 0.697. The first-order valence-corrected chi connectivity index (χ1v) is 4.85. The van der Waals surface area contributed by atoms with Crippen LogP contribution in [0.15, 0.2) is 35.2 Å². The monoisotopic (exact) mass is 212 g/mol. The van der Waals surface area contributed by atoms with Crippen molar-refractivity contribution < 1.29 is 4.52 Å². The maximum absolute atomic E-state index is 4.95. The van der Waals surface area contributed by atoms with Crippen LogP contribution in [0.25, 0.3) is 22.3 Å². The Morgan fingerprint density at radius 3 is 2.94 bits per heavy atom. The Balaban J connectivity index is 2.33. The van der Waals surface area contributed by atoms with Crippen molar-refractivity contribution in [2.45, 2.75) is 6.92 Å². The van der Waals surface area contributed by atoms with E-state index in [1.165, 1.54) is 0 Å². The molecule has 16 heavy (non-hydrogen) atoms. The van der Waals surface area contributed by atoms with E-state index in [9.17, 15) is 0 Å². The van der Waals surface area contributed by atoms with E-state index in [0.717, 1.165) is 22.3 Å². The van der Waals surface area contributed by atoms with Crippen molar-refractivity contribution in [1.82, 2.24) is 20.3 Å². The summed E-state index contributed by atoms with van der Waals surface area (Å²) in [6.07, 6.45) is 3.29. The summed E-state index contributed by atoms with van der Waals surface area (Å²) in [5, 5.41) is 12.9. The number of pyridine rings is 1. The maximum Gasteiger partial charge on any atom is 0.139 e. The molecule has 0 saturated heterocycles. The van der Waals surface area contributed by atoms with Gasteiger partial charge in [0, 0.05) is 6.20 Å². The van der Waals surface area contributed by atoms with Crippen molar-refractivity contribution in [3.63, 3.8) is 0 Å². The van der Waals surface area contributed by atoms with Gasteiger partial charge in [0.25, 0.3) is 0 Å². The second kappa shape index (κ2) is 3.37. The van der Waals surface area contributed by atoms with Crippen molar-refractivity contribution in [2.24, 2.45) is 0 Å². The highest BCUT2D eigenvalue weighted by Gasteiger charge is 2.12. The van der Waals surface area contributed by atoms with Gasteiger partial charge in [-0.3, -0.25) is 4.98 Å². The molecule has 3 aromatic rings. The van der Waals surface area contributed by atoms with Crippen molar-refractivity contribution in [3.8, 4) is 11.4 Å². The highest BCUT2D eigenvalue weighted by molar-refractivity contribution is 5.91. The predicted molar refractivity (Wildman–Crippen MR) is 57.6 cm³/mol. The van der Waals surface area contributed by atoms with Gasteiger partial charge >= 0.3 is 0 Å². The topological polar surface area (TPSA) is 64.7 Å². The van der Waals surface area contributed by atoms with Gasteiger partial charge in [-0.15, -0.1) is 5.10 Å². The van der Waals surface area contributed by atoms with E-state index in [1.54, 1.807) is 12.5 Å². The average molecular weight is 212 g/mol. The minimum absolute atomic E-state index is 0.697. The fourth-order valence-electron chi connectivity index (χ4n) is 1.58. The summed E-state index contributed by atoms with van der Waals surface area (Å²) in [5.74, 6) is 0. The summed E-state index contributed by atoms with van der Waals surface area (Å²) in [7, 11) is 0. The lowest BCUT2D eigenvalue weighted by atomic mass is 10.2. The highest BCUT2D eigenvalue weighted by atomic mass is 16.5. The third-order valence-electron chi connectivity index (χ3n) is 2.38. The van der Waals surface area contributed by atoms with E-state index in [-0.39, 0.29) is 0 Å². The van der Waals surface area contributed by atoms with Crippen LogP contribution in [0, 0.1) is 6.92 Å². The zero-order chi connectivity index (χ0) is 11.0. The van der Waals surface area contributed by atoms with Gasteiger partial charge in [-0.2, -0.15) is 5.10 Å². The van der Waals surface area contributed by atoms with Gasteiger partial charge in [0.2, 0.25) is 0 Å². The third kappa shape index (κ3) is 1.25. The van der Waals surface area contributed by atoms with Crippen molar-refractivity contribution in [2.75, 3.05) is 0 Å². The van der Waals surface area contributed by atoms with Gasteiger partial charge in [0.1, 0.15) is 17.5 Å². The van der Waals surface area contributed by atoms with Crippen molar-refractivity contribution in [1.29, 1.82) is 0 Å². The molecule has 5 heteroatoms. The summed E-state index contributed by atoms with van der Waals surface area (Å²) in [4.78, 5) is 4.24. The zero-order valence-corrected chi connectivity index (χ0v) is 8.58. The zero-order valence-electron chi connectivity index (χ0n) is 8.58. The summed E-state index contributed by atoms with van der Waals surface area (Å²) in [6, 6.07) is 5.64. The van der Waals surface area contributed by atoms with Gasteiger partial charge in [0.15, 0.2) is 0 Å². The number of fused-ring (bicyclic) bond motifs is 1. The molecular weight excluding hydrogens is 204 g/mol. The highest BCUT2D eigenvalue weighted by Crippen LogP contribution is 2.24. The summed E-state index contributed by atoms with van der Waals surface area (Å²) in [5.41, 5.74) is 2.95. The molecule has 0 aliphatic carbocycles. The third-order valence-corrected chi connectivity index (χ3v) is 2.38. The maximum atomic E-state index is 4.95. The normalized spacial score (nSPS) is 10.8. The van der Waals surface area contributed by atoms with E-state index in [2.05, 4.69) is 20.3 Å². The van der Waals surface area contributed by atoms with Gasteiger partial charge < -0.3 is 4.52 Å². The van der Waals surface area contributed by atoms with E-state index >= 15 is 0 Å². The van der Waals surface area contributed by atoms with Crippen LogP contribution < -0.4 is 0 Å². The molecule has 0 aliphatic heterocycles. The molecular formula is C11H8N4O. The van der Waals surface area contributed by atoms with Crippen LogP contribution in [0.3, 0.4) is 0 Å². The quantitative estimate of drug-likeness (QED) is 0.617. The standard InChI is InChI=1S/C11H8N4O/c1-7-10-8(6-16-15-10)11(14-13-7)9-4-2-3-5-12-9/h2-6H,1H3. The average Bonchev–Trinajstić information content (AvgIpc) is 2.81. The number of aromatic nitrogens is 4. The number of hydrogen-bond acceptors (Lipinski definition) is 5. The Kier molecular flexibility index (Phi) is 1.89. The smallest absolute Gasteiger partial charge is 0.139 e. The van der Waals surface area contributed by atoms with Crippen LogP contribution in [0.4, 0.5) is 0 Å². The fourth-order valence-corrected chi connectivity index (χ4v) is 1.58. The predicted octanol–water partition coefficient (Wildman–Crippen LogP) is 1.99. The van der Waals surface area contributed by atoms with Gasteiger partial charge in [-0.25, -0.2) is 0 Å². The Morgan fingerprint density at radius 2 is 2.12 bits per heavy atom. The summed E-state index contributed by atoms with van der Waals surface area (Å²) in [6.45, 7) is 1.85. The number of aryl methyl sites for hydroxylation is 1. The van der Waals surface area contributed by atoms with Crippen LogP contribution in [-0.2, 0) is 0 Å². The lowest BCUT2D eigenvalue weighted by molar-refractivity contribution is 0.428. The molecule has 78 valence electrons. The molecule has 0 fully saturated rings. The van der Waals surface area contributed by atoms with E-state index in [4.69, 9.17) is 4.52 Å². The molecule has 0 atom stereocenters. The van der Waals surface area contributed by atoms with Gasteiger partial charge in [0.05, 0.1) is 16.8 Å².